The van der Waals surface area contributed by atoms with Crippen molar-refractivity contribution in [3.05, 3.63) is 75.7 Å². The van der Waals surface area contributed by atoms with E-state index in [9.17, 15) is 5.11 Å². The zero-order valence-corrected chi connectivity index (χ0v) is 16.5. The van der Waals surface area contributed by atoms with Crippen LogP contribution in [0.3, 0.4) is 0 Å². The third kappa shape index (κ3) is 3.60. The van der Waals surface area contributed by atoms with Crippen LogP contribution in [0.2, 0.25) is 0 Å². The molecule has 2 aromatic carbocycles. The fourth-order valence-electron chi connectivity index (χ4n) is 2.69. The maximum absolute atomic E-state index is 9.89. The first-order valence-corrected chi connectivity index (χ1v) is 9.68. The molecule has 0 aliphatic rings. The van der Waals surface area contributed by atoms with Gasteiger partial charge in [0.05, 0.1) is 24.4 Å². The van der Waals surface area contributed by atoms with E-state index in [1.54, 1.807) is 23.4 Å². The standard InChI is InChI=1S/C20H16N4O2S2/c1-26-17-9-7-14(8-10-17)19-15(11-21-24-18(25)13-28-20(24)27)12-23(22-19)16-5-3-2-4-6-16/h2-13,25H,1H3. The molecule has 8 heteroatoms. The van der Waals surface area contributed by atoms with Gasteiger partial charge >= 0.3 is 0 Å². The Bertz CT molecular complexity index is 1180. The summed E-state index contributed by atoms with van der Waals surface area (Å²) in [5, 5.41) is 20.5. The molecule has 0 aliphatic carbocycles. The van der Waals surface area contributed by atoms with Crippen LogP contribution >= 0.6 is 23.6 Å². The van der Waals surface area contributed by atoms with Crippen LogP contribution in [0.15, 0.2) is 71.3 Å². The summed E-state index contributed by atoms with van der Waals surface area (Å²) in [6.07, 6.45) is 3.54. The van der Waals surface area contributed by atoms with E-state index in [-0.39, 0.29) is 5.88 Å². The highest BCUT2D eigenvalue weighted by atomic mass is 32.1. The Morgan fingerprint density at radius 1 is 1.14 bits per heavy atom. The first-order valence-electron chi connectivity index (χ1n) is 8.39. The number of benzene rings is 2. The van der Waals surface area contributed by atoms with Gasteiger partial charge in [-0.15, -0.1) is 11.3 Å². The van der Waals surface area contributed by atoms with Crippen LogP contribution in [0, 0.1) is 3.95 Å². The van der Waals surface area contributed by atoms with Crippen molar-refractivity contribution in [1.29, 1.82) is 0 Å². The molecule has 0 aliphatic heterocycles. The number of aromatic nitrogens is 3. The van der Waals surface area contributed by atoms with Crippen molar-refractivity contribution < 1.29 is 9.84 Å². The van der Waals surface area contributed by atoms with Crippen molar-refractivity contribution in [2.45, 2.75) is 0 Å². The maximum atomic E-state index is 9.89. The van der Waals surface area contributed by atoms with Gasteiger partial charge in [-0.1, -0.05) is 18.2 Å². The third-order valence-electron chi connectivity index (χ3n) is 4.09. The van der Waals surface area contributed by atoms with Gasteiger partial charge < -0.3 is 9.84 Å². The predicted octanol–water partition coefficient (Wildman–Crippen LogP) is 4.73. The van der Waals surface area contributed by atoms with Gasteiger partial charge in [0.15, 0.2) is 3.95 Å². The molecular formula is C20H16N4O2S2. The average Bonchev–Trinajstić information content (AvgIpc) is 3.30. The Labute approximate surface area is 170 Å². The molecule has 2 heterocycles. The molecule has 4 aromatic rings. The maximum Gasteiger partial charge on any atom is 0.224 e. The minimum atomic E-state index is 0.00713. The lowest BCUT2D eigenvalue weighted by Crippen LogP contribution is -1.94. The first-order chi connectivity index (χ1) is 13.7. The van der Waals surface area contributed by atoms with Gasteiger partial charge in [0, 0.05) is 17.3 Å². The van der Waals surface area contributed by atoms with Gasteiger partial charge in [0.25, 0.3) is 0 Å². The van der Waals surface area contributed by atoms with E-state index in [0.717, 1.165) is 28.3 Å². The normalized spacial score (nSPS) is 11.2. The van der Waals surface area contributed by atoms with Crippen LogP contribution in [-0.2, 0) is 0 Å². The Morgan fingerprint density at radius 3 is 2.54 bits per heavy atom. The third-order valence-corrected chi connectivity index (χ3v) is 5.26. The van der Waals surface area contributed by atoms with Gasteiger partial charge in [-0.25, -0.2) is 4.68 Å². The smallest absolute Gasteiger partial charge is 0.224 e. The number of nitrogens with zero attached hydrogens (tertiary/aromatic N) is 4. The van der Waals surface area contributed by atoms with Crippen LogP contribution in [-0.4, -0.2) is 32.9 Å². The number of ether oxygens (including phenoxy) is 1. The highest BCUT2D eigenvalue weighted by Gasteiger charge is 2.12. The van der Waals surface area contributed by atoms with E-state index < -0.39 is 0 Å². The molecule has 0 spiro atoms. The quantitative estimate of drug-likeness (QED) is 0.383. The van der Waals surface area contributed by atoms with Crippen molar-refractivity contribution in [3.8, 4) is 28.6 Å². The van der Waals surface area contributed by atoms with Crippen molar-refractivity contribution in [3.63, 3.8) is 0 Å². The van der Waals surface area contributed by atoms with Crippen LogP contribution in [0.5, 0.6) is 11.6 Å². The topological polar surface area (TPSA) is 64.6 Å². The van der Waals surface area contributed by atoms with Crippen molar-refractivity contribution in [1.82, 2.24) is 14.5 Å². The fraction of sp³-hybridized carbons (Fsp3) is 0.0500. The molecule has 4 rings (SSSR count). The summed E-state index contributed by atoms with van der Waals surface area (Å²) < 4.78 is 8.82. The molecule has 140 valence electrons. The van der Waals surface area contributed by atoms with Crippen molar-refractivity contribution in [2.24, 2.45) is 5.10 Å². The zero-order valence-electron chi connectivity index (χ0n) is 14.9. The number of aromatic hydroxyl groups is 1. The SMILES string of the molecule is COc1ccc(-c2nn(-c3ccccc3)cc2C=Nn2c(O)csc2=S)cc1. The molecule has 0 amide bonds. The van der Waals surface area contributed by atoms with E-state index in [0.29, 0.717) is 3.95 Å². The molecule has 0 saturated heterocycles. The number of thiazole rings is 1. The van der Waals surface area contributed by atoms with E-state index in [4.69, 9.17) is 22.1 Å². The molecule has 0 bridgehead atoms. The van der Waals surface area contributed by atoms with E-state index in [1.165, 1.54) is 16.0 Å². The summed E-state index contributed by atoms with van der Waals surface area (Å²) in [6, 6.07) is 17.5. The molecule has 2 aromatic heterocycles. The summed E-state index contributed by atoms with van der Waals surface area (Å²) in [5.41, 5.74) is 3.42. The van der Waals surface area contributed by atoms with Gasteiger partial charge in [0.2, 0.25) is 5.88 Å². The molecule has 6 nitrogen and oxygen atoms in total. The molecule has 0 saturated carbocycles. The highest BCUT2D eigenvalue weighted by molar-refractivity contribution is 7.73. The van der Waals surface area contributed by atoms with E-state index >= 15 is 0 Å². The average molecular weight is 409 g/mol. The summed E-state index contributed by atoms with van der Waals surface area (Å²) >= 11 is 6.45. The Hall–Kier alpha value is -3.23. The molecule has 28 heavy (non-hydrogen) atoms. The number of hydrogen-bond donors (Lipinski definition) is 1. The van der Waals surface area contributed by atoms with Crippen molar-refractivity contribution >= 4 is 29.8 Å². The summed E-state index contributed by atoms with van der Waals surface area (Å²) in [7, 11) is 1.63. The molecule has 1 N–H and O–H groups in total. The van der Waals surface area contributed by atoms with Gasteiger partial charge in [0.1, 0.15) is 11.4 Å². The minimum Gasteiger partial charge on any atom is -0.497 e. The highest BCUT2D eigenvalue weighted by Crippen LogP contribution is 2.25. The van der Waals surface area contributed by atoms with Crippen LogP contribution in [0.25, 0.3) is 16.9 Å². The molecule has 0 fully saturated rings. The largest absolute Gasteiger partial charge is 0.497 e. The Morgan fingerprint density at radius 2 is 1.89 bits per heavy atom. The van der Waals surface area contributed by atoms with E-state index in [2.05, 4.69) is 5.10 Å². The lowest BCUT2D eigenvalue weighted by molar-refractivity contribution is 0.415. The van der Waals surface area contributed by atoms with Gasteiger partial charge in [-0.05, 0) is 48.6 Å². The summed E-state index contributed by atoms with van der Waals surface area (Å²) in [6.45, 7) is 0. The zero-order chi connectivity index (χ0) is 19.5. The molecular weight excluding hydrogens is 392 g/mol. The minimum absolute atomic E-state index is 0.00713. The van der Waals surface area contributed by atoms with Crippen molar-refractivity contribution in [2.75, 3.05) is 7.11 Å². The van der Waals surface area contributed by atoms with Gasteiger partial charge in [-0.3, -0.25) is 0 Å². The molecule has 0 unspecified atom stereocenters. The second-order valence-corrected chi connectivity index (χ2v) is 7.36. The molecule has 0 atom stereocenters. The summed E-state index contributed by atoms with van der Waals surface area (Å²) in [5.74, 6) is 0.781. The van der Waals surface area contributed by atoms with Crippen LogP contribution < -0.4 is 4.74 Å². The monoisotopic (exact) mass is 408 g/mol. The first kappa shape index (κ1) is 18.1. The summed E-state index contributed by atoms with van der Waals surface area (Å²) in [4.78, 5) is 0. The van der Waals surface area contributed by atoms with Gasteiger partial charge in [-0.2, -0.15) is 14.9 Å². The lowest BCUT2D eigenvalue weighted by atomic mass is 10.1. The Balaban J connectivity index is 1.80. The van der Waals surface area contributed by atoms with E-state index in [1.807, 2.05) is 60.8 Å². The predicted molar refractivity (Wildman–Crippen MR) is 113 cm³/mol. The second kappa shape index (κ2) is 7.79. The van der Waals surface area contributed by atoms with Crippen LogP contribution in [0.1, 0.15) is 5.56 Å². The lowest BCUT2D eigenvalue weighted by Gasteiger charge is -2.02. The number of rotatable bonds is 5. The number of para-hydroxylation sites is 1. The number of hydrogen-bond acceptors (Lipinski definition) is 6. The second-order valence-electron chi connectivity index (χ2n) is 5.86. The molecule has 0 radical (unpaired) electrons. The fourth-order valence-corrected chi connectivity index (χ4v) is 3.52. The van der Waals surface area contributed by atoms with Crippen LogP contribution in [0.4, 0.5) is 0 Å². The number of methoxy groups -OCH3 is 1. The Kier molecular flexibility index (Phi) is 5.05.